The average Bonchev–Trinajstić information content (AvgIpc) is 2.50. The third-order valence-electron chi connectivity index (χ3n) is 4.68. The highest BCUT2D eigenvalue weighted by Crippen LogP contribution is 2.75. The van der Waals surface area contributed by atoms with Crippen LogP contribution in [-0.4, -0.2) is 6.29 Å². The van der Waals surface area contributed by atoms with Gasteiger partial charge in [-0.2, -0.15) is 0 Å². The summed E-state index contributed by atoms with van der Waals surface area (Å²) in [6.45, 7) is 6.81. The molecule has 2 rings (SSSR count). The molecule has 0 aromatic rings. The summed E-state index contributed by atoms with van der Waals surface area (Å²) < 4.78 is 0. The van der Waals surface area contributed by atoms with Crippen molar-refractivity contribution in [3.63, 3.8) is 0 Å². The number of carbonyl (C=O) groups excluding carboxylic acids is 1. The highest BCUT2D eigenvalue weighted by atomic mass is 16.1. The van der Waals surface area contributed by atoms with Crippen LogP contribution in [0, 0.1) is 16.7 Å². The molecule has 3 unspecified atom stereocenters. The summed E-state index contributed by atoms with van der Waals surface area (Å²) in [7, 11) is 0. The van der Waals surface area contributed by atoms with E-state index in [0.29, 0.717) is 11.3 Å². The van der Waals surface area contributed by atoms with Gasteiger partial charge in [0.2, 0.25) is 0 Å². The second-order valence-corrected chi connectivity index (χ2v) is 4.66. The number of aldehydes is 1. The zero-order chi connectivity index (χ0) is 8.98. The van der Waals surface area contributed by atoms with E-state index in [0.717, 1.165) is 18.3 Å². The molecule has 0 aromatic carbocycles. The van der Waals surface area contributed by atoms with Crippen molar-refractivity contribution in [3.05, 3.63) is 11.6 Å². The summed E-state index contributed by atoms with van der Waals surface area (Å²) in [6.07, 6.45) is 5.52. The minimum atomic E-state index is 0.201. The van der Waals surface area contributed by atoms with E-state index in [1.54, 1.807) is 0 Å². The minimum Gasteiger partial charge on any atom is -0.298 e. The number of fused-ring (bicyclic) bond motifs is 1. The molecule has 0 aliphatic heterocycles. The monoisotopic (exact) mass is 164 g/mol. The molecule has 1 nitrogen and oxygen atoms in total. The fraction of sp³-hybridized carbons (Fsp3) is 0.727. The van der Waals surface area contributed by atoms with Gasteiger partial charge in [-0.3, -0.25) is 4.79 Å². The number of hydrogen-bond acceptors (Lipinski definition) is 1. The summed E-state index contributed by atoms with van der Waals surface area (Å²) in [5, 5.41) is 0. The number of carbonyl (C=O) groups is 1. The van der Waals surface area contributed by atoms with Gasteiger partial charge in [-0.15, -0.1) is 0 Å². The molecule has 1 saturated carbocycles. The van der Waals surface area contributed by atoms with E-state index in [9.17, 15) is 4.79 Å². The molecule has 0 radical (unpaired) electrons. The molecule has 0 spiro atoms. The van der Waals surface area contributed by atoms with Crippen molar-refractivity contribution in [2.75, 3.05) is 0 Å². The van der Waals surface area contributed by atoms with Gasteiger partial charge < -0.3 is 0 Å². The molecular formula is C11H16O. The number of hydrogen-bond donors (Lipinski definition) is 0. The molecule has 1 heteroatoms. The normalized spacial score (nSPS) is 50.9. The van der Waals surface area contributed by atoms with Crippen molar-refractivity contribution < 1.29 is 4.79 Å². The predicted molar refractivity (Wildman–Crippen MR) is 48.8 cm³/mol. The Morgan fingerprint density at radius 1 is 1.58 bits per heavy atom. The Balaban J connectivity index is 2.42. The van der Waals surface area contributed by atoms with Crippen LogP contribution < -0.4 is 0 Å². The zero-order valence-electron chi connectivity index (χ0n) is 8.05. The SMILES string of the molecule is CC1C2(C)CCC=C(C=O)C12C. The number of allylic oxidation sites excluding steroid dienone is 2. The van der Waals surface area contributed by atoms with Crippen molar-refractivity contribution in [1.29, 1.82) is 0 Å². The predicted octanol–water partition coefficient (Wildman–Crippen LogP) is 2.57. The van der Waals surface area contributed by atoms with E-state index in [2.05, 4.69) is 26.8 Å². The Bertz CT molecular complexity index is 266. The van der Waals surface area contributed by atoms with Crippen LogP contribution in [0.1, 0.15) is 33.6 Å². The van der Waals surface area contributed by atoms with Gasteiger partial charge in [-0.05, 0) is 29.7 Å². The summed E-state index contributed by atoms with van der Waals surface area (Å²) in [5.41, 5.74) is 1.66. The standard InChI is InChI=1S/C11H16O/c1-8-10(2)6-4-5-9(7-12)11(8,10)3/h5,7-8H,4,6H2,1-3H3. The van der Waals surface area contributed by atoms with Gasteiger partial charge in [0, 0.05) is 5.41 Å². The van der Waals surface area contributed by atoms with Crippen molar-refractivity contribution in [2.24, 2.45) is 16.7 Å². The second-order valence-electron chi connectivity index (χ2n) is 4.66. The lowest BCUT2D eigenvalue weighted by Gasteiger charge is -2.22. The van der Waals surface area contributed by atoms with Crippen LogP contribution in [0.25, 0.3) is 0 Å². The average molecular weight is 164 g/mol. The van der Waals surface area contributed by atoms with Gasteiger partial charge >= 0.3 is 0 Å². The van der Waals surface area contributed by atoms with E-state index in [1.807, 2.05) is 0 Å². The number of rotatable bonds is 1. The van der Waals surface area contributed by atoms with E-state index in [4.69, 9.17) is 0 Å². The first-order valence-corrected chi connectivity index (χ1v) is 4.73. The van der Waals surface area contributed by atoms with E-state index >= 15 is 0 Å². The first-order valence-electron chi connectivity index (χ1n) is 4.73. The fourth-order valence-corrected chi connectivity index (χ4v) is 3.11. The third kappa shape index (κ3) is 0.596. The third-order valence-corrected chi connectivity index (χ3v) is 4.68. The van der Waals surface area contributed by atoms with Crippen LogP contribution in [-0.2, 0) is 4.79 Å². The molecule has 2 aliphatic rings. The van der Waals surface area contributed by atoms with Crippen molar-refractivity contribution in [3.8, 4) is 0 Å². The van der Waals surface area contributed by atoms with Crippen molar-refractivity contribution >= 4 is 6.29 Å². The van der Waals surface area contributed by atoms with Gasteiger partial charge in [0.25, 0.3) is 0 Å². The maximum Gasteiger partial charge on any atom is 0.146 e. The van der Waals surface area contributed by atoms with Crippen LogP contribution in [0.2, 0.25) is 0 Å². The Kier molecular flexibility index (Phi) is 1.35. The lowest BCUT2D eigenvalue weighted by atomic mass is 9.81. The maximum atomic E-state index is 10.8. The summed E-state index contributed by atoms with van der Waals surface area (Å²) >= 11 is 0. The Morgan fingerprint density at radius 2 is 2.25 bits per heavy atom. The van der Waals surface area contributed by atoms with E-state index < -0.39 is 0 Å². The molecule has 0 N–H and O–H groups in total. The van der Waals surface area contributed by atoms with Crippen LogP contribution in [0.3, 0.4) is 0 Å². The molecule has 1 fully saturated rings. The topological polar surface area (TPSA) is 17.1 Å². The van der Waals surface area contributed by atoms with Crippen LogP contribution in [0.5, 0.6) is 0 Å². The quantitative estimate of drug-likeness (QED) is 0.544. The molecule has 0 heterocycles. The van der Waals surface area contributed by atoms with Crippen molar-refractivity contribution in [1.82, 2.24) is 0 Å². The summed E-state index contributed by atoms with van der Waals surface area (Å²) in [4.78, 5) is 10.8. The van der Waals surface area contributed by atoms with E-state index in [-0.39, 0.29) is 5.41 Å². The summed E-state index contributed by atoms with van der Waals surface area (Å²) in [5.74, 6) is 0.684. The highest BCUT2D eigenvalue weighted by molar-refractivity contribution is 5.78. The molecular weight excluding hydrogens is 148 g/mol. The first kappa shape index (κ1) is 8.03. The van der Waals surface area contributed by atoms with Crippen molar-refractivity contribution in [2.45, 2.75) is 33.6 Å². The highest BCUT2D eigenvalue weighted by Gasteiger charge is 2.69. The van der Waals surface area contributed by atoms with Gasteiger partial charge in [-0.25, -0.2) is 0 Å². The van der Waals surface area contributed by atoms with Gasteiger partial charge in [0.1, 0.15) is 6.29 Å². The molecule has 0 saturated heterocycles. The van der Waals surface area contributed by atoms with Gasteiger partial charge in [-0.1, -0.05) is 26.8 Å². The van der Waals surface area contributed by atoms with Crippen LogP contribution >= 0.6 is 0 Å². The van der Waals surface area contributed by atoms with Crippen LogP contribution in [0.15, 0.2) is 11.6 Å². The largest absolute Gasteiger partial charge is 0.298 e. The first-order chi connectivity index (χ1) is 5.57. The molecule has 66 valence electrons. The fourth-order valence-electron chi connectivity index (χ4n) is 3.11. The lowest BCUT2D eigenvalue weighted by molar-refractivity contribution is -0.105. The zero-order valence-corrected chi connectivity index (χ0v) is 8.05. The second kappa shape index (κ2) is 2.01. The Hall–Kier alpha value is -0.590. The van der Waals surface area contributed by atoms with Gasteiger partial charge in [0.05, 0.1) is 0 Å². The smallest absolute Gasteiger partial charge is 0.146 e. The van der Waals surface area contributed by atoms with Crippen LogP contribution in [0.4, 0.5) is 0 Å². The molecule has 2 aliphatic carbocycles. The lowest BCUT2D eigenvalue weighted by Crippen LogP contribution is -2.15. The molecule has 12 heavy (non-hydrogen) atoms. The molecule has 0 bridgehead atoms. The molecule has 0 aromatic heterocycles. The maximum absolute atomic E-state index is 10.8. The minimum absolute atomic E-state index is 0.201. The molecule has 0 amide bonds. The van der Waals surface area contributed by atoms with E-state index in [1.165, 1.54) is 6.42 Å². The van der Waals surface area contributed by atoms with Gasteiger partial charge in [0.15, 0.2) is 0 Å². The molecule has 3 atom stereocenters. The Labute approximate surface area is 73.8 Å². The Morgan fingerprint density at radius 3 is 2.75 bits per heavy atom. The summed E-state index contributed by atoms with van der Waals surface area (Å²) in [6, 6.07) is 0.